The third-order valence-corrected chi connectivity index (χ3v) is 5.48. The topological polar surface area (TPSA) is 69.0 Å². The average Bonchev–Trinajstić information content (AvgIpc) is 2.62. The SMILES string of the molecule is CS(=O)(=O)c1ccc(-c2cnn(CC(F)(F)F)c(=O)c2-c2ccc(Cl)cc2)cc1. The molecular formula is C19H14ClF3N2O3S. The predicted molar refractivity (Wildman–Crippen MR) is 104 cm³/mol. The summed E-state index contributed by atoms with van der Waals surface area (Å²) >= 11 is 5.87. The van der Waals surface area contributed by atoms with Crippen molar-refractivity contribution in [2.75, 3.05) is 6.26 Å². The first-order valence-corrected chi connectivity index (χ1v) is 10.5. The van der Waals surface area contributed by atoms with E-state index in [0.29, 0.717) is 20.8 Å². The Morgan fingerprint density at radius 3 is 2.07 bits per heavy atom. The van der Waals surface area contributed by atoms with Gasteiger partial charge in [0.2, 0.25) is 0 Å². The summed E-state index contributed by atoms with van der Waals surface area (Å²) in [6, 6.07) is 11.7. The van der Waals surface area contributed by atoms with Gasteiger partial charge in [0, 0.05) is 16.8 Å². The average molecular weight is 443 g/mol. The quantitative estimate of drug-likeness (QED) is 0.607. The van der Waals surface area contributed by atoms with E-state index in [-0.39, 0.29) is 16.0 Å². The fraction of sp³-hybridized carbons (Fsp3) is 0.158. The lowest BCUT2D eigenvalue weighted by Crippen LogP contribution is -2.31. The minimum atomic E-state index is -4.62. The molecule has 10 heteroatoms. The molecule has 29 heavy (non-hydrogen) atoms. The van der Waals surface area contributed by atoms with Crippen LogP contribution in [0.5, 0.6) is 0 Å². The lowest BCUT2D eigenvalue weighted by Gasteiger charge is -2.14. The monoisotopic (exact) mass is 442 g/mol. The van der Waals surface area contributed by atoms with Crippen LogP contribution in [0.15, 0.2) is 64.4 Å². The van der Waals surface area contributed by atoms with Crippen LogP contribution in [0.1, 0.15) is 0 Å². The van der Waals surface area contributed by atoms with E-state index in [1.807, 2.05) is 0 Å². The predicted octanol–water partition coefficient (Wildman–Crippen LogP) is 4.20. The number of halogens is 4. The number of hydrogen-bond acceptors (Lipinski definition) is 4. The molecule has 0 aliphatic rings. The molecule has 0 N–H and O–H groups in total. The van der Waals surface area contributed by atoms with Crippen LogP contribution in [0, 0.1) is 0 Å². The van der Waals surface area contributed by atoms with Crippen LogP contribution in [0.3, 0.4) is 0 Å². The van der Waals surface area contributed by atoms with Gasteiger partial charge in [-0.1, -0.05) is 35.9 Å². The second kappa shape index (κ2) is 7.64. The lowest BCUT2D eigenvalue weighted by atomic mass is 9.97. The first-order valence-electron chi connectivity index (χ1n) is 8.19. The van der Waals surface area contributed by atoms with Gasteiger partial charge in [-0.25, -0.2) is 13.1 Å². The molecule has 1 aromatic heterocycles. The zero-order valence-corrected chi connectivity index (χ0v) is 16.5. The second-order valence-electron chi connectivity index (χ2n) is 6.31. The minimum absolute atomic E-state index is 0.00743. The Labute approximate surface area is 169 Å². The molecule has 0 unspecified atom stereocenters. The Balaban J connectivity index is 2.22. The number of rotatable bonds is 4. The van der Waals surface area contributed by atoms with Gasteiger partial charge >= 0.3 is 6.18 Å². The fourth-order valence-electron chi connectivity index (χ4n) is 2.77. The normalized spacial score (nSPS) is 12.2. The molecule has 5 nitrogen and oxygen atoms in total. The maximum Gasteiger partial charge on any atom is 0.408 e. The molecule has 0 saturated carbocycles. The molecule has 3 aromatic rings. The highest BCUT2D eigenvalue weighted by atomic mass is 35.5. The minimum Gasteiger partial charge on any atom is -0.267 e. The molecule has 0 amide bonds. The molecule has 152 valence electrons. The van der Waals surface area contributed by atoms with Gasteiger partial charge in [-0.2, -0.15) is 18.3 Å². The van der Waals surface area contributed by atoms with E-state index in [2.05, 4.69) is 5.10 Å². The van der Waals surface area contributed by atoms with Crippen molar-refractivity contribution in [3.63, 3.8) is 0 Å². The van der Waals surface area contributed by atoms with Crippen LogP contribution >= 0.6 is 11.6 Å². The molecule has 0 fully saturated rings. The highest BCUT2D eigenvalue weighted by molar-refractivity contribution is 7.90. The number of benzene rings is 2. The third kappa shape index (κ3) is 4.86. The molecule has 0 atom stereocenters. The summed E-state index contributed by atoms with van der Waals surface area (Å²) in [5.41, 5.74) is 0.157. The van der Waals surface area contributed by atoms with Gasteiger partial charge in [0.15, 0.2) is 9.84 Å². The van der Waals surface area contributed by atoms with Gasteiger partial charge in [0.05, 0.1) is 16.7 Å². The number of sulfone groups is 1. The Morgan fingerprint density at radius 2 is 1.55 bits per heavy atom. The Morgan fingerprint density at radius 1 is 1.00 bits per heavy atom. The van der Waals surface area contributed by atoms with Crippen LogP contribution in [0.4, 0.5) is 13.2 Å². The van der Waals surface area contributed by atoms with Gasteiger partial charge in [-0.15, -0.1) is 0 Å². The number of alkyl halides is 3. The van der Waals surface area contributed by atoms with Crippen molar-refractivity contribution < 1.29 is 21.6 Å². The summed E-state index contributed by atoms with van der Waals surface area (Å²) in [7, 11) is -3.43. The molecule has 3 rings (SSSR count). The van der Waals surface area contributed by atoms with Crippen LogP contribution in [0.2, 0.25) is 5.02 Å². The summed E-state index contributed by atoms with van der Waals surface area (Å²) in [6.45, 7) is -1.53. The van der Waals surface area contributed by atoms with E-state index in [4.69, 9.17) is 11.6 Å². The smallest absolute Gasteiger partial charge is 0.267 e. The van der Waals surface area contributed by atoms with Crippen LogP contribution < -0.4 is 5.56 Å². The first kappa shape index (κ1) is 21.1. The van der Waals surface area contributed by atoms with Crippen LogP contribution in [0.25, 0.3) is 22.3 Å². The zero-order valence-electron chi connectivity index (χ0n) is 14.9. The van der Waals surface area contributed by atoms with Gasteiger partial charge in [0.1, 0.15) is 6.54 Å². The van der Waals surface area contributed by atoms with Crippen LogP contribution in [-0.2, 0) is 16.4 Å². The molecular weight excluding hydrogens is 429 g/mol. The molecule has 0 radical (unpaired) electrons. The van der Waals surface area contributed by atoms with Gasteiger partial charge in [-0.05, 0) is 35.4 Å². The summed E-state index contributed by atoms with van der Waals surface area (Å²) in [5, 5.41) is 4.06. The molecule has 0 aliphatic heterocycles. The number of nitrogens with zero attached hydrogens (tertiary/aromatic N) is 2. The highest BCUT2D eigenvalue weighted by Gasteiger charge is 2.30. The van der Waals surface area contributed by atoms with Gasteiger partial charge in [-0.3, -0.25) is 4.79 Å². The van der Waals surface area contributed by atoms with E-state index < -0.39 is 28.1 Å². The third-order valence-electron chi connectivity index (χ3n) is 4.10. The summed E-state index contributed by atoms with van der Waals surface area (Å²) in [6.07, 6.45) is -2.40. The Hall–Kier alpha value is -2.65. The maximum atomic E-state index is 12.8. The second-order valence-corrected chi connectivity index (χ2v) is 8.77. The van der Waals surface area contributed by atoms with E-state index in [1.54, 1.807) is 0 Å². The molecule has 0 bridgehead atoms. The molecule has 0 spiro atoms. The maximum absolute atomic E-state index is 12.8. The van der Waals surface area contributed by atoms with Gasteiger partial charge in [0.25, 0.3) is 5.56 Å². The van der Waals surface area contributed by atoms with Crippen molar-refractivity contribution in [3.05, 3.63) is 70.1 Å². The van der Waals surface area contributed by atoms with E-state index in [0.717, 1.165) is 12.5 Å². The lowest BCUT2D eigenvalue weighted by molar-refractivity contribution is -0.143. The largest absolute Gasteiger partial charge is 0.408 e. The molecule has 1 heterocycles. The van der Waals surface area contributed by atoms with Crippen molar-refractivity contribution in [1.82, 2.24) is 9.78 Å². The zero-order chi connectivity index (χ0) is 21.4. The van der Waals surface area contributed by atoms with E-state index in [9.17, 15) is 26.4 Å². The van der Waals surface area contributed by atoms with E-state index >= 15 is 0 Å². The van der Waals surface area contributed by atoms with Crippen molar-refractivity contribution in [3.8, 4) is 22.3 Å². The standard InChI is InChI=1S/C19H14ClF3N2O3S/c1-29(27,28)15-8-4-12(5-9-15)16-10-24-25(11-19(21,22)23)18(26)17(16)13-2-6-14(20)7-3-13/h2-10H,11H2,1H3. The number of aromatic nitrogens is 2. The van der Waals surface area contributed by atoms with Crippen LogP contribution in [-0.4, -0.2) is 30.6 Å². The number of hydrogen-bond donors (Lipinski definition) is 0. The Kier molecular flexibility index (Phi) is 5.55. The Bertz CT molecular complexity index is 1200. The van der Waals surface area contributed by atoms with Crippen molar-refractivity contribution >= 4 is 21.4 Å². The summed E-state index contributed by atoms with van der Waals surface area (Å²) in [4.78, 5) is 12.9. The van der Waals surface area contributed by atoms with Crippen molar-refractivity contribution in [2.45, 2.75) is 17.6 Å². The molecule has 0 saturated heterocycles. The summed E-state index contributed by atoms with van der Waals surface area (Å²) in [5.74, 6) is 0. The van der Waals surface area contributed by atoms with Crippen molar-refractivity contribution in [2.24, 2.45) is 0 Å². The molecule has 2 aromatic carbocycles. The van der Waals surface area contributed by atoms with Gasteiger partial charge < -0.3 is 0 Å². The highest BCUT2D eigenvalue weighted by Crippen LogP contribution is 2.30. The first-order chi connectivity index (χ1) is 13.5. The summed E-state index contributed by atoms with van der Waals surface area (Å²) < 4.78 is 62.1. The van der Waals surface area contributed by atoms with Crippen molar-refractivity contribution in [1.29, 1.82) is 0 Å². The molecule has 0 aliphatic carbocycles. The van der Waals surface area contributed by atoms with E-state index in [1.165, 1.54) is 48.5 Å². The fourth-order valence-corrected chi connectivity index (χ4v) is 3.52.